The molecular weight excluding hydrogens is 300 g/mol. The van der Waals surface area contributed by atoms with E-state index in [9.17, 15) is 9.59 Å². The fraction of sp³-hybridized carbons (Fsp3) is 0.533. The van der Waals surface area contributed by atoms with E-state index in [4.69, 9.17) is 5.73 Å². The van der Waals surface area contributed by atoms with Crippen molar-refractivity contribution in [2.24, 2.45) is 11.1 Å². The van der Waals surface area contributed by atoms with E-state index in [-0.39, 0.29) is 16.9 Å². The van der Waals surface area contributed by atoms with Gasteiger partial charge in [-0.1, -0.05) is 6.92 Å². The summed E-state index contributed by atoms with van der Waals surface area (Å²) in [5, 5.41) is 2.48. The Morgan fingerprint density at radius 1 is 1.55 bits per heavy atom. The molecule has 2 aromatic heterocycles. The van der Waals surface area contributed by atoms with Crippen LogP contribution in [0.15, 0.2) is 22.6 Å². The van der Waals surface area contributed by atoms with E-state index in [2.05, 4.69) is 11.9 Å². The van der Waals surface area contributed by atoms with Crippen molar-refractivity contribution in [1.29, 1.82) is 0 Å². The van der Waals surface area contributed by atoms with Crippen LogP contribution < -0.4 is 11.3 Å². The Hall–Kier alpha value is -1.73. The maximum absolute atomic E-state index is 12.3. The SMILES string of the molecule is CC1(CN)CCN(C(=O)CCn2cnc3sccc3c2=O)C1. The summed E-state index contributed by atoms with van der Waals surface area (Å²) in [4.78, 5) is 31.4. The number of likely N-dealkylation sites (tertiary alicyclic amines) is 1. The molecule has 6 nitrogen and oxygen atoms in total. The van der Waals surface area contributed by atoms with E-state index in [1.54, 1.807) is 6.07 Å². The van der Waals surface area contributed by atoms with Gasteiger partial charge in [0.1, 0.15) is 4.83 Å². The van der Waals surface area contributed by atoms with Crippen molar-refractivity contribution in [2.45, 2.75) is 26.3 Å². The predicted octanol–water partition coefficient (Wildman–Crippen LogP) is 1.05. The second-order valence-corrected chi connectivity index (χ2v) is 7.11. The Kier molecular flexibility index (Phi) is 4.01. The number of rotatable bonds is 4. The highest BCUT2D eigenvalue weighted by Crippen LogP contribution is 2.28. The fourth-order valence-corrected chi connectivity index (χ4v) is 3.55. The highest BCUT2D eigenvalue weighted by molar-refractivity contribution is 7.16. The Morgan fingerprint density at radius 3 is 3.09 bits per heavy atom. The first kappa shape index (κ1) is 15.2. The number of aromatic nitrogens is 2. The van der Waals surface area contributed by atoms with Crippen molar-refractivity contribution in [2.75, 3.05) is 19.6 Å². The van der Waals surface area contributed by atoms with E-state index in [1.807, 2.05) is 10.3 Å². The predicted molar refractivity (Wildman–Crippen MR) is 86.9 cm³/mol. The van der Waals surface area contributed by atoms with Gasteiger partial charge in [0.25, 0.3) is 5.56 Å². The third-order valence-electron chi connectivity index (χ3n) is 4.42. The van der Waals surface area contributed by atoms with Crippen LogP contribution in [0.1, 0.15) is 19.8 Å². The molecule has 1 fully saturated rings. The van der Waals surface area contributed by atoms with E-state index in [1.165, 1.54) is 22.2 Å². The van der Waals surface area contributed by atoms with Crippen LogP contribution in [-0.2, 0) is 11.3 Å². The van der Waals surface area contributed by atoms with E-state index < -0.39 is 0 Å². The van der Waals surface area contributed by atoms with Gasteiger partial charge >= 0.3 is 0 Å². The molecule has 0 aromatic carbocycles. The van der Waals surface area contributed by atoms with Crippen LogP contribution in [0.2, 0.25) is 0 Å². The fourth-order valence-electron chi connectivity index (χ4n) is 2.83. The quantitative estimate of drug-likeness (QED) is 0.913. The van der Waals surface area contributed by atoms with Crippen LogP contribution >= 0.6 is 11.3 Å². The molecule has 1 aliphatic heterocycles. The molecule has 0 spiro atoms. The van der Waals surface area contributed by atoms with Gasteiger partial charge in [0, 0.05) is 26.1 Å². The molecule has 0 aliphatic carbocycles. The lowest BCUT2D eigenvalue weighted by atomic mass is 9.90. The molecule has 1 aliphatic rings. The topological polar surface area (TPSA) is 81.2 Å². The first-order valence-electron chi connectivity index (χ1n) is 7.43. The molecule has 1 amide bonds. The van der Waals surface area contributed by atoms with Gasteiger partial charge in [-0.25, -0.2) is 4.98 Å². The van der Waals surface area contributed by atoms with Gasteiger partial charge in [0.15, 0.2) is 0 Å². The Morgan fingerprint density at radius 2 is 2.36 bits per heavy atom. The van der Waals surface area contributed by atoms with Crippen molar-refractivity contribution < 1.29 is 4.79 Å². The van der Waals surface area contributed by atoms with Crippen LogP contribution in [0, 0.1) is 5.41 Å². The molecule has 1 unspecified atom stereocenters. The first-order valence-corrected chi connectivity index (χ1v) is 8.31. The summed E-state index contributed by atoms with van der Waals surface area (Å²) in [6.07, 6.45) is 2.79. The number of nitrogens with zero attached hydrogens (tertiary/aromatic N) is 3. The summed E-state index contributed by atoms with van der Waals surface area (Å²) >= 11 is 1.45. The van der Waals surface area contributed by atoms with Crippen LogP contribution in [0.25, 0.3) is 10.2 Å². The molecule has 0 bridgehead atoms. The molecule has 1 atom stereocenters. The first-order chi connectivity index (χ1) is 10.5. The molecule has 2 N–H and O–H groups in total. The summed E-state index contributed by atoms with van der Waals surface area (Å²) in [7, 11) is 0. The molecule has 0 saturated carbocycles. The zero-order valence-electron chi connectivity index (χ0n) is 12.6. The number of hydrogen-bond donors (Lipinski definition) is 1. The van der Waals surface area contributed by atoms with Crippen LogP contribution in [0.5, 0.6) is 0 Å². The van der Waals surface area contributed by atoms with Crippen molar-refractivity contribution in [3.8, 4) is 0 Å². The molecule has 2 aromatic rings. The second-order valence-electron chi connectivity index (χ2n) is 6.21. The molecule has 7 heteroatoms. The standard InChI is InChI=1S/C15H20N4O2S/c1-15(8-16)4-6-18(9-15)12(20)2-5-19-10-17-13-11(14(19)21)3-7-22-13/h3,7,10H,2,4-6,8-9,16H2,1H3. The summed E-state index contributed by atoms with van der Waals surface area (Å²) in [6, 6.07) is 1.78. The van der Waals surface area contributed by atoms with Crippen LogP contribution in [0.4, 0.5) is 0 Å². The van der Waals surface area contributed by atoms with Gasteiger partial charge in [-0.15, -0.1) is 11.3 Å². The number of nitrogens with two attached hydrogens (primary N) is 1. The minimum Gasteiger partial charge on any atom is -0.342 e. The third kappa shape index (κ3) is 2.78. The van der Waals surface area contributed by atoms with E-state index in [0.717, 1.165) is 17.8 Å². The molecule has 1 saturated heterocycles. The molecule has 118 valence electrons. The monoisotopic (exact) mass is 320 g/mol. The van der Waals surface area contributed by atoms with Gasteiger partial charge in [-0.05, 0) is 29.8 Å². The second kappa shape index (κ2) is 5.81. The normalized spacial score (nSPS) is 21.6. The average Bonchev–Trinajstić information content (AvgIpc) is 3.14. The minimum atomic E-state index is -0.0766. The molecule has 3 heterocycles. The lowest BCUT2D eigenvalue weighted by molar-refractivity contribution is -0.130. The van der Waals surface area contributed by atoms with Gasteiger partial charge in [0.2, 0.25) is 5.91 Å². The molecule has 22 heavy (non-hydrogen) atoms. The Balaban J connectivity index is 1.66. The van der Waals surface area contributed by atoms with Crippen molar-refractivity contribution in [3.63, 3.8) is 0 Å². The van der Waals surface area contributed by atoms with E-state index in [0.29, 0.717) is 31.4 Å². The van der Waals surface area contributed by atoms with Crippen molar-refractivity contribution >= 4 is 27.5 Å². The number of hydrogen-bond acceptors (Lipinski definition) is 5. The number of carbonyl (C=O) groups excluding carboxylic acids is 1. The van der Waals surface area contributed by atoms with Gasteiger partial charge in [0.05, 0.1) is 11.7 Å². The number of thiophene rings is 1. The van der Waals surface area contributed by atoms with E-state index >= 15 is 0 Å². The largest absolute Gasteiger partial charge is 0.342 e. The van der Waals surface area contributed by atoms with Crippen molar-refractivity contribution in [1.82, 2.24) is 14.5 Å². The number of amides is 1. The Bertz CT molecular complexity index is 753. The smallest absolute Gasteiger partial charge is 0.262 e. The lowest BCUT2D eigenvalue weighted by Crippen LogP contribution is -2.35. The molecular formula is C15H20N4O2S. The summed E-state index contributed by atoms with van der Waals surface area (Å²) in [5.41, 5.74) is 5.72. The Labute approximate surface area is 132 Å². The van der Waals surface area contributed by atoms with Gasteiger partial charge < -0.3 is 10.6 Å². The summed E-state index contributed by atoms with van der Waals surface area (Å²) in [6.45, 7) is 4.53. The van der Waals surface area contributed by atoms with Gasteiger partial charge in [-0.2, -0.15) is 0 Å². The van der Waals surface area contributed by atoms with Crippen molar-refractivity contribution in [3.05, 3.63) is 28.1 Å². The highest BCUT2D eigenvalue weighted by atomic mass is 32.1. The minimum absolute atomic E-state index is 0.0314. The lowest BCUT2D eigenvalue weighted by Gasteiger charge is -2.22. The van der Waals surface area contributed by atoms with Gasteiger partial charge in [-0.3, -0.25) is 14.2 Å². The zero-order valence-corrected chi connectivity index (χ0v) is 13.4. The summed E-state index contributed by atoms with van der Waals surface area (Å²) < 4.78 is 1.52. The number of carbonyl (C=O) groups is 1. The third-order valence-corrected chi connectivity index (χ3v) is 5.24. The number of aryl methyl sites for hydroxylation is 1. The molecule has 0 radical (unpaired) electrons. The average molecular weight is 320 g/mol. The zero-order chi connectivity index (χ0) is 15.7. The summed E-state index contributed by atoms with van der Waals surface area (Å²) in [5.74, 6) is 0.0782. The maximum atomic E-state index is 12.3. The highest BCUT2D eigenvalue weighted by Gasteiger charge is 2.34. The number of fused-ring (bicyclic) bond motifs is 1. The molecule has 3 rings (SSSR count). The van der Waals surface area contributed by atoms with Crippen LogP contribution in [0.3, 0.4) is 0 Å². The maximum Gasteiger partial charge on any atom is 0.262 e. The van der Waals surface area contributed by atoms with Crippen LogP contribution in [-0.4, -0.2) is 40.0 Å².